The van der Waals surface area contributed by atoms with E-state index >= 15 is 0 Å². The summed E-state index contributed by atoms with van der Waals surface area (Å²) in [6, 6.07) is 15.5. The van der Waals surface area contributed by atoms with E-state index in [1.807, 2.05) is 42.5 Å². The summed E-state index contributed by atoms with van der Waals surface area (Å²) in [4.78, 5) is 1.53. The zero-order valence-electron chi connectivity index (χ0n) is 13.8. The lowest BCUT2D eigenvalue weighted by Gasteiger charge is -2.39. The minimum atomic E-state index is -4.21. The molecule has 2 unspecified atom stereocenters. The Balaban J connectivity index is 0.00000225. The summed E-state index contributed by atoms with van der Waals surface area (Å²) < 4.78 is 40.4. The molecule has 1 fully saturated rings. The van der Waals surface area contributed by atoms with Crippen LogP contribution in [0.4, 0.5) is 18.9 Å². The maximum atomic E-state index is 13.5. The van der Waals surface area contributed by atoms with Crippen LogP contribution in [0.1, 0.15) is 36.4 Å². The van der Waals surface area contributed by atoms with Crippen LogP contribution >= 0.6 is 0 Å². The first kappa shape index (κ1) is 19.6. The Morgan fingerprint density at radius 1 is 0.960 bits per heavy atom. The average Bonchev–Trinajstić information content (AvgIpc) is 2.61. The van der Waals surface area contributed by atoms with E-state index in [9.17, 15) is 13.2 Å². The topological polar surface area (TPSA) is 30.9 Å². The van der Waals surface area contributed by atoms with Crippen molar-refractivity contribution in [2.24, 2.45) is 0 Å². The number of halogens is 4. The molecule has 3 rings (SSSR count). The predicted molar refractivity (Wildman–Crippen MR) is 88.7 cm³/mol. The van der Waals surface area contributed by atoms with Crippen LogP contribution in [-0.4, -0.2) is 18.8 Å². The fraction of sp³-hybridized carbons (Fsp3) is 0.368. The number of anilines is 1. The van der Waals surface area contributed by atoms with Gasteiger partial charge in [0.05, 0.1) is 0 Å². The number of nitrogens with zero attached hydrogens (tertiary/aromatic N) is 1. The molecule has 0 saturated carbocycles. The molecule has 6 heteroatoms. The standard InChI is InChI=1S/C19H21F3N2.ClH/c20-19(21,22)17-12-6-7-13-24(17)16-11-5-4-10-15(16)18(23)14-8-2-1-3-9-14;/h1-5,8-11,17-18H,6-7,12-13,23H2;1H. The van der Waals surface area contributed by atoms with E-state index in [4.69, 9.17) is 0 Å². The zero-order valence-corrected chi connectivity index (χ0v) is 14.6. The van der Waals surface area contributed by atoms with Gasteiger partial charge < -0.3 is 23.0 Å². The maximum absolute atomic E-state index is 13.5. The molecule has 2 aromatic carbocycles. The van der Waals surface area contributed by atoms with Crippen LogP contribution in [-0.2, 0) is 0 Å². The summed E-state index contributed by atoms with van der Waals surface area (Å²) in [5.74, 6) is 0. The molecule has 3 N–H and O–H groups in total. The van der Waals surface area contributed by atoms with Crippen LogP contribution in [0.2, 0.25) is 0 Å². The highest BCUT2D eigenvalue weighted by Crippen LogP contribution is 2.38. The second kappa shape index (κ2) is 8.11. The predicted octanol–water partition coefficient (Wildman–Crippen LogP) is 0.943. The third-order valence-electron chi connectivity index (χ3n) is 4.70. The van der Waals surface area contributed by atoms with Crippen LogP contribution in [0, 0.1) is 0 Å². The maximum Gasteiger partial charge on any atom is 0.408 e. The summed E-state index contributed by atoms with van der Waals surface area (Å²) in [7, 11) is 0. The van der Waals surface area contributed by atoms with Crippen molar-refractivity contribution < 1.29 is 31.3 Å². The van der Waals surface area contributed by atoms with Crippen molar-refractivity contribution in [2.45, 2.75) is 37.5 Å². The molecular weight excluding hydrogens is 349 g/mol. The Labute approximate surface area is 152 Å². The zero-order chi connectivity index (χ0) is 17.2. The summed E-state index contributed by atoms with van der Waals surface area (Å²) in [6.45, 7) is 0.433. The Morgan fingerprint density at radius 2 is 1.60 bits per heavy atom. The van der Waals surface area contributed by atoms with E-state index in [0.29, 0.717) is 18.7 Å². The molecule has 1 aliphatic heterocycles. The number of hydrogen-bond donors (Lipinski definition) is 1. The van der Waals surface area contributed by atoms with Gasteiger partial charge in [0.15, 0.2) is 0 Å². The van der Waals surface area contributed by atoms with E-state index in [1.54, 1.807) is 12.1 Å². The molecule has 2 aromatic rings. The monoisotopic (exact) mass is 370 g/mol. The number of piperidine rings is 1. The van der Waals surface area contributed by atoms with Crippen molar-refractivity contribution in [2.75, 3.05) is 11.4 Å². The molecule has 2 atom stereocenters. The lowest BCUT2D eigenvalue weighted by atomic mass is 9.94. The molecular formula is C19H22ClF3N2. The fourth-order valence-electron chi connectivity index (χ4n) is 3.47. The lowest BCUT2D eigenvalue weighted by Crippen LogP contribution is -3.00. The van der Waals surface area contributed by atoms with Gasteiger partial charge in [-0.3, -0.25) is 0 Å². The van der Waals surface area contributed by atoms with E-state index < -0.39 is 12.2 Å². The van der Waals surface area contributed by atoms with Gasteiger partial charge in [0, 0.05) is 23.4 Å². The highest BCUT2D eigenvalue weighted by Gasteiger charge is 2.45. The van der Waals surface area contributed by atoms with Gasteiger partial charge >= 0.3 is 6.18 Å². The average molecular weight is 371 g/mol. The molecule has 2 nitrogen and oxygen atoms in total. The van der Waals surface area contributed by atoms with Gasteiger partial charge in [0.2, 0.25) is 0 Å². The first-order valence-corrected chi connectivity index (χ1v) is 8.29. The van der Waals surface area contributed by atoms with Crippen LogP contribution < -0.4 is 23.0 Å². The smallest absolute Gasteiger partial charge is 0.408 e. The Kier molecular flexibility index (Phi) is 6.36. The molecule has 1 aliphatic rings. The second-order valence-corrected chi connectivity index (χ2v) is 6.27. The van der Waals surface area contributed by atoms with Crippen LogP contribution in [0.3, 0.4) is 0 Å². The molecule has 0 bridgehead atoms. The van der Waals surface area contributed by atoms with Gasteiger partial charge in [-0.25, -0.2) is 0 Å². The van der Waals surface area contributed by atoms with Crippen LogP contribution in [0.25, 0.3) is 0 Å². The summed E-state index contributed by atoms with van der Waals surface area (Å²) in [5, 5.41) is 0. The van der Waals surface area contributed by atoms with Crippen molar-refractivity contribution in [3.63, 3.8) is 0 Å². The molecule has 136 valence electrons. The minimum absolute atomic E-state index is 0. The molecule has 0 aliphatic carbocycles. The van der Waals surface area contributed by atoms with Gasteiger partial charge in [-0.05, 0) is 25.3 Å². The summed E-state index contributed by atoms with van der Waals surface area (Å²) in [6.07, 6.45) is -2.65. The van der Waals surface area contributed by atoms with Crippen molar-refractivity contribution in [3.8, 4) is 0 Å². The fourth-order valence-corrected chi connectivity index (χ4v) is 3.47. The third kappa shape index (κ3) is 4.28. The quantitative estimate of drug-likeness (QED) is 0.856. The van der Waals surface area contributed by atoms with Gasteiger partial charge in [-0.2, -0.15) is 13.2 Å². The van der Waals surface area contributed by atoms with E-state index in [-0.39, 0.29) is 24.9 Å². The normalized spacial score (nSPS) is 19.2. The first-order chi connectivity index (χ1) is 11.5. The summed E-state index contributed by atoms with van der Waals surface area (Å²) in [5.41, 5.74) is 6.72. The number of hydrogen-bond acceptors (Lipinski definition) is 1. The van der Waals surface area contributed by atoms with Crippen molar-refractivity contribution in [1.82, 2.24) is 0 Å². The molecule has 0 spiro atoms. The largest absolute Gasteiger partial charge is 1.00 e. The number of rotatable bonds is 3. The Hall–Kier alpha value is -1.72. The van der Waals surface area contributed by atoms with Crippen LogP contribution in [0.15, 0.2) is 54.6 Å². The molecule has 0 radical (unpaired) electrons. The highest BCUT2D eigenvalue weighted by molar-refractivity contribution is 5.57. The van der Waals surface area contributed by atoms with Gasteiger partial charge in [-0.1, -0.05) is 48.5 Å². The van der Waals surface area contributed by atoms with Crippen molar-refractivity contribution in [1.29, 1.82) is 0 Å². The van der Waals surface area contributed by atoms with Crippen LogP contribution in [0.5, 0.6) is 0 Å². The number of alkyl halides is 3. The third-order valence-corrected chi connectivity index (χ3v) is 4.70. The number of para-hydroxylation sites is 1. The number of benzene rings is 2. The van der Waals surface area contributed by atoms with Crippen molar-refractivity contribution in [3.05, 3.63) is 65.7 Å². The molecule has 0 aromatic heterocycles. The molecule has 0 amide bonds. The Bertz CT molecular complexity index is 676. The first-order valence-electron chi connectivity index (χ1n) is 8.29. The minimum Gasteiger partial charge on any atom is -1.00 e. The van der Waals surface area contributed by atoms with Gasteiger partial charge in [0.1, 0.15) is 12.1 Å². The number of quaternary nitrogens is 1. The van der Waals surface area contributed by atoms with E-state index in [1.165, 1.54) is 4.90 Å². The van der Waals surface area contributed by atoms with E-state index in [2.05, 4.69) is 5.73 Å². The molecule has 1 saturated heterocycles. The van der Waals surface area contributed by atoms with E-state index in [0.717, 1.165) is 17.5 Å². The van der Waals surface area contributed by atoms with Gasteiger partial charge in [0.25, 0.3) is 0 Å². The summed E-state index contributed by atoms with van der Waals surface area (Å²) >= 11 is 0. The van der Waals surface area contributed by atoms with Gasteiger partial charge in [-0.15, -0.1) is 0 Å². The SMILES string of the molecule is [Cl-].[NH3+]C(c1ccccc1)c1ccccc1N1CCCCC1C(F)(F)F. The molecule has 25 heavy (non-hydrogen) atoms. The molecule has 1 heterocycles. The second-order valence-electron chi connectivity index (χ2n) is 6.27. The lowest BCUT2D eigenvalue weighted by molar-refractivity contribution is -0.411. The van der Waals surface area contributed by atoms with Crippen molar-refractivity contribution >= 4 is 5.69 Å². The highest BCUT2D eigenvalue weighted by atomic mass is 35.5. The Morgan fingerprint density at radius 3 is 2.28 bits per heavy atom.